The highest BCUT2D eigenvalue weighted by molar-refractivity contribution is 8.35. The monoisotopic (exact) mass is 532 g/mol. The molecule has 6 nitrogen and oxygen atoms in total. The number of thiophene rings is 1. The quantitative estimate of drug-likeness (QED) is 0.363. The average molecular weight is 533 g/mol. The van der Waals surface area contributed by atoms with Crippen LogP contribution in [-0.2, 0) is 27.5 Å². The molecule has 0 fully saturated rings. The smallest absolute Gasteiger partial charge is 0.214 e. The molecule has 0 amide bonds. The molecule has 0 aliphatic rings. The lowest BCUT2D eigenvalue weighted by atomic mass is 10.4. The molecule has 0 aromatic carbocycles. The first-order valence-electron chi connectivity index (χ1n) is 7.12. The van der Waals surface area contributed by atoms with E-state index in [1.54, 1.807) is 0 Å². The van der Waals surface area contributed by atoms with E-state index in [2.05, 4.69) is 7.26 Å². The van der Waals surface area contributed by atoms with E-state index in [4.69, 9.17) is 0 Å². The van der Waals surface area contributed by atoms with Crippen molar-refractivity contribution in [1.29, 1.82) is 0 Å². The van der Waals surface area contributed by atoms with Crippen molar-refractivity contribution in [3.8, 4) is 0 Å². The highest BCUT2D eigenvalue weighted by atomic mass is 32.3. The summed E-state index contributed by atoms with van der Waals surface area (Å²) in [5.41, 5.74) is -11.4. The van der Waals surface area contributed by atoms with Gasteiger partial charge in [0.1, 0.15) is 0 Å². The highest BCUT2D eigenvalue weighted by Gasteiger charge is 2.52. The van der Waals surface area contributed by atoms with Crippen molar-refractivity contribution in [3.63, 3.8) is 0 Å². The van der Waals surface area contributed by atoms with Crippen LogP contribution in [0.5, 0.6) is 0 Å². The molecule has 17 heteroatoms. The van der Waals surface area contributed by atoms with Gasteiger partial charge >= 0.3 is 31.3 Å². The maximum Gasteiger partial charge on any atom is 0.523 e. The molecule has 0 radical (unpaired) electrons. The Morgan fingerprint density at radius 2 is 1.34 bits per heavy atom. The molecule has 29 heavy (non-hydrogen) atoms. The molecule has 1 heterocycles. The summed E-state index contributed by atoms with van der Waals surface area (Å²) in [6.07, 6.45) is 4.33. The third-order valence-corrected chi connectivity index (χ3v) is 12.9. The van der Waals surface area contributed by atoms with E-state index in [1.807, 2.05) is 0 Å². The molecule has 1 atom stereocenters. The normalized spacial score (nSPS) is 17.2. The van der Waals surface area contributed by atoms with Crippen LogP contribution in [-0.4, -0.2) is 58.6 Å². The second-order valence-electron chi connectivity index (χ2n) is 6.35. The van der Waals surface area contributed by atoms with Crippen LogP contribution in [0.2, 0.25) is 0 Å². The average Bonchev–Trinajstić information content (AvgIpc) is 2.93. The van der Waals surface area contributed by atoms with Crippen molar-refractivity contribution in [1.82, 2.24) is 0 Å². The predicted molar refractivity (Wildman–Crippen MR) is 103 cm³/mol. The van der Waals surface area contributed by atoms with Crippen molar-refractivity contribution in [2.24, 2.45) is 0 Å². The maximum atomic E-state index is 12.7. The van der Waals surface area contributed by atoms with Crippen LogP contribution in [0.3, 0.4) is 0 Å². The number of rotatable bonds is 8. The van der Waals surface area contributed by atoms with Gasteiger partial charge < -0.3 is 0 Å². The van der Waals surface area contributed by atoms with Crippen molar-refractivity contribution in [2.75, 3.05) is 30.8 Å². The lowest BCUT2D eigenvalue weighted by molar-refractivity contribution is -0.0501. The fraction of sp³-hybridized carbons (Fsp3) is 0.667. The second-order valence-corrected chi connectivity index (χ2v) is 17.6. The lowest BCUT2D eigenvalue weighted by Gasteiger charge is -2.42. The van der Waals surface area contributed by atoms with Gasteiger partial charge in [0.2, 0.25) is 0 Å². The SMILES string of the molecule is CS(C)(CC(c1cccs1)S(C)(C)OS(=O)(=O)C(F)(F)F)OS(=O)(=O)C(F)(F)F. The molecule has 0 saturated heterocycles. The van der Waals surface area contributed by atoms with Gasteiger partial charge in [-0.25, -0.2) is 7.26 Å². The Kier molecular flexibility index (Phi) is 7.76. The van der Waals surface area contributed by atoms with Gasteiger partial charge in [-0.15, -0.1) is 32.0 Å². The summed E-state index contributed by atoms with van der Waals surface area (Å²) in [7, 11) is -18.2. The molecule has 1 unspecified atom stereocenters. The zero-order valence-electron chi connectivity index (χ0n) is 15.3. The fourth-order valence-corrected chi connectivity index (χ4v) is 12.5. The van der Waals surface area contributed by atoms with Gasteiger partial charge in [-0.2, -0.15) is 43.2 Å². The molecule has 174 valence electrons. The summed E-state index contributed by atoms with van der Waals surface area (Å²) in [6.45, 7) is 0. The van der Waals surface area contributed by atoms with Crippen LogP contribution >= 0.6 is 32.0 Å². The fourth-order valence-electron chi connectivity index (χ4n) is 1.99. The van der Waals surface area contributed by atoms with Crippen molar-refractivity contribution in [3.05, 3.63) is 22.4 Å². The molecular weight excluding hydrogens is 514 g/mol. The predicted octanol–water partition coefficient (Wildman–Crippen LogP) is 4.48. The minimum Gasteiger partial charge on any atom is -0.214 e. The molecule has 0 aliphatic heterocycles. The van der Waals surface area contributed by atoms with Crippen molar-refractivity contribution in [2.45, 2.75) is 16.3 Å². The molecule has 0 aliphatic carbocycles. The first kappa shape index (κ1) is 26.8. The molecule has 1 rings (SSSR count). The van der Waals surface area contributed by atoms with Gasteiger partial charge in [0, 0.05) is 10.6 Å². The first-order valence-corrected chi connectivity index (χ1v) is 15.8. The number of alkyl halides is 6. The molecular formula is C12H18F6O6S5. The molecule has 0 saturated carbocycles. The van der Waals surface area contributed by atoms with Gasteiger partial charge in [-0.1, -0.05) is 6.07 Å². The highest BCUT2D eigenvalue weighted by Crippen LogP contribution is 2.63. The molecule has 0 bridgehead atoms. The van der Waals surface area contributed by atoms with Crippen LogP contribution in [0.4, 0.5) is 26.3 Å². The lowest BCUT2D eigenvalue weighted by Crippen LogP contribution is -2.31. The van der Waals surface area contributed by atoms with Crippen LogP contribution in [0.15, 0.2) is 17.5 Å². The van der Waals surface area contributed by atoms with E-state index in [-0.39, 0.29) is 0 Å². The largest absolute Gasteiger partial charge is 0.523 e. The zero-order valence-corrected chi connectivity index (χ0v) is 19.4. The summed E-state index contributed by atoms with van der Waals surface area (Å²) in [5, 5.41) is 0.374. The summed E-state index contributed by atoms with van der Waals surface area (Å²) < 4.78 is 131. The second kappa shape index (κ2) is 8.38. The van der Waals surface area contributed by atoms with E-state index in [0.29, 0.717) is 4.88 Å². The van der Waals surface area contributed by atoms with Gasteiger partial charge in [0.25, 0.3) is 0 Å². The number of halogens is 6. The topological polar surface area (TPSA) is 86.7 Å². The van der Waals surface area contributed by atoms with Crippen LogP contribution < -0.4 is 0 Å². The molecule has 1 aromatic heterocycles. The van der Waals surface area contributed by atoms with E-state index in [0.717, 1.165) is 36.4 Å². The Morgan fingerprint density at radius 3 is 1.72 bits per heavy atom. The van der Waals surface area contributed by atoms with E-state index < -0.39 is 62.9 Å². The Balaban J connectivity index is 3.31. The van der Waals surface area contributed by atoms with E-state index >= 15 is 0 Å². The minimum absolute atomic E-state index is 0.316. The summed E-state index contributed by atoms with van der Waals surface area (Å²) in [4.78, 5) is 0.316. The molecule has 1 aromatic rings. The summed E-state index contributed by atoms with van der Waals surface area (Å²) >= 11 is 1.01. The number of hydrogen-bond donors (Lipinski definition) is 0. The van der Waals surface area contributed by atoms with Crippen molar-refractivity contribution < 1.29 is 50.4 Å². The number of hydrogen-bond acceptors (Lipinski definition) is 7. The third-order valence-electron chi connectivity index (χ3n) is 3.20. The maximum absolute atomic E-state index is 12.7. The van der Waals surface area contributed by atoms with Gasteiger partial charge in [0.05, 0.1) is 5.25 Å². The Labute approximate surface area is 171 Å². The Hall–Kier alpha value is -0.200. The van der Waals surface area contributed by atoms with E-state index in [9.17, 15) is 43.2 Å². The van der Waals surface area contributed by atoms with Crippen molar-refractivity contribution >= 4 is 52.2 Å². The van der Waals surface area contributed by atoms with E-state index in [1.165, 1.54) is 17.5 Å². The summed E-state index contributed by atoms with van der Waals surface area (Å²) in [6, 6.07) is 2.93. The Morgan fingerprint density at radius 1 is 0.897 bits per heavy atom. The van der Waals surface area contributed by atoms with Gasteiger partial charge in [-0.3, -0.25) is 0 Å². The van der Waals surface area contributed by atoms with Crippen LogP contribution in [0.1, 0.15) is 10.1 Å². The van der Waals surface area contributed by atoms with Gasteiger partial charge in [0.15, 0.2) is 0 Å². The third kappa shape index (κ3) is 6.90. The molecule has 0 N–H and O–H groups in total. The van der Waals surface area contributed by atoms with Crippen LogP contribution in [0, 0.1) is 0 Å². The minimum atomic E-state index is -5.99. The first-order chi connectivity index (χ1) is 12.6. The standard InChI is InChI=1S/C12H18F6O6S5/c1-26(2,23-28(19,20)11(13,14)15)8-10(9-6-5-7-25-9)27(3,4)24-29(21,22)12(16,17)18/h5-7,10H,8H2,1-4H3. The van der Waals surface area contributed by atoms with Crippen LogP contribution in [0.25, 0.3) is 0 Å². The molecule has 0 spiro atoms. The Bertz CT molecular complexity index is 902. The zero-order chi connectivity index (χ0) is 23.1. The van der Waals surface area contributed by atoms with Gasteiger partial charge in [-0.05, 0) is 36.5 Å². The summed E-state index contributed by atoms with van der Waals surface area (Å²) in [5.74, 6) is -0.488.